The van der Waals surface area contributed by atoms with Gasteiger partial charge in [-0.2, -0.15) is 4.98 Å². The molecule has 1 aromatic heterocycles. The third-order valence-corrected chi connectivity index (χ3v) is 2.67. The summed E-state index contributed by atoms with van der Waals surface area (Å²) in [5.41, 5.74) is -0.572. The van der Waals surface area contributed by atoms with Crippen LogP contribution in [0, 0.1) is 5.92 Å². The van der Waals surface area contributed by atoms with Gasteiger partial charge in [0, 0.05) is 20.6 Å². The molecular weight excluding hydrogens is 302 g/mol. The minimum atomic E-state index is -0.572. The van der Waals surface area contributed by atoms with Crippen molar-refractivity contribution in [3.8, 4) is 0 Å². The first-order valence-corrected chi connectivity index (χ1v) is 7.33. The second-order valence-electron chi connectivity index (χ2n) is 6.38. The van der Waals surface area contributed by atoms with Gasteiger partial charge in [0.1, 0.15) is 5.60 Å². The van der Waals surface area contributed by atoms with E-state index in [1.807, 2.05) is 0 Å². The fourth-order valence-corrected chi connectivity index (χ4v) is 1.48. The Morgan fingerprint density at radius 1 is 1.30 bits per heavy atom. The van der Waals surface area contributed by atoms with Crippen molar-refractivity contribution in [2.24, 2.45) is 5.92 Å². The third-order valence-electron chi connectivity index (χ3n) is 2.67. The molecule has 0 aliphatic carbocycles. The number of hydrogen-bond acceptors (Lipinski definition) is 7. The van der Waals surface area contributed by atoms with Crippen LogP contribution in [0.25, 0.3) is 0 Å². The second-order valence-corrected chi connectivity index (χ2v) is 6.38. The van der Waals surface area contributed by atoms with Crippen molar-refractivity contribution >= 4 is 17.9 Å². The first kappa shape index (κ1) is 18.7. The van der Waals surface area contributed by atoms with Crippen molar-refractivity contribution in [2.45, 2.75) is 39.8 Å². The van der Waals surface area contributed by atoms with Gasteiger partial charge in [-0.3, -0.25) is 4.79 Å². The summed E-state index contributed by atoms with van der Waals surface area (Å²) in [6.45, 7) is 7.33. The third kappa shape index (κ3) is 6.98. The standard InChI is InChI=1S/C14H25N5O4/c1-9(7-16-13(21)22-14(2,3)4)11(20)15-8-10-17-12(18-23-10)19(5)6/h9H,7-8H2,1-6H3,(H,15,20)(H,16,21)/t9-/m0/s1. The number of amides is 2. The second kappa shape index (κ2) is 7.80. The highest BCUT2D eigenvalue weighted by Crippen LogP contribution is 2.07. The van der Waals surface area contributed by atoms with Crippen molar-refractivity contribution < 1.29 is 18.8 Å². The topological polar surface area (TPSA) is 110 Å². The van der Waals surface area contributed by atoms with Crippen LogP contribution >= 0.6 is 0 Å². The summed E-state index contributed by atoms with van der Waals surface area (Å²) in [5, 5.41) is 8.98. The van der Waals surface area contributed by atoms with Gasteiger partial charge in [0.2, 0.25) is 11.8 Å². The maximum atomic E-state index is 12.0. The number of carbonyl (C=O) groups excluding carboxylic acids is 2. The van der Waals surface area contributed by atoms with Crippen LogP contribution in [0.4, 0.5) is 10.7 Å². The summed E-state index contributed by atoms with van der Waals surface area (Å²) < 4.78 is 10.1. The number of hydrogen-bond donors (Lipinski definition) is 2. The van der Waals surface area contributed by atoms with Gasteiger partial charge >= 0.3 is 6.09 Å². The Morgan fingerprint density at radius 2 is 1.96 bits per heavy atom. The summed E-state index contributed by atoms with van der Waals surface area (Å²) in [5.74, 6) is 0.104. The molecule has 0 aliphatic heterocycles. The molecule has 130 valence electrons. The van der Waals surface area contributed by atoms with Crippen LogP contribution in [0.5, 0.6) is 0 Å². The SMILES string of the molecule is C[C@@H](CNC(=O)OC(C)(C)C)C(=O)NCc1nc(N(C)C)no1. The van der Waals surface area contributed by atoms with Gasteiger partial charge in [-0.15, -0.1) is 0 Å². The lowest BCUT2D eigenvalue weighted by atomic mass is 10.1. The molecule has 1 heterocycles. The molecule has 0 radical (unpaired) electrons. The molecular formula is C14H25N5O4. The molecule has 1 rings (SSSR count). The zero-order valence-electron chi connectivity index (χ0n) is 14.5. The summed E-state index contributed by atoms with van der Waals surface area (Å²) in [6, 6.07) is 0. The highest BCUT2D eigenvalue weighted by Gasteiger charge is 2.19. The molecule has 1 aromatic rings. The fraction of sp³-hybridized carbons (Fsp3) is 0.714. The van der Waals surface area contributed by atoms with Crippen LogP contribution in [0.3, 0.4) is 0 Å². The van der Waals surface area contributed by atoms with Crippen molar-refractivity contribution in [3.63, 3.8) is 0 Å². The van der Waals surface area contributed by atoms with Crippen LogP contribution < -0.4 is 15.5 Å². The van der Waals surface area contributed by atoms with Gasteiger partial charge in [0.05, 0.1) is 12.5 Å². The largest absolute Gasteiger partial charge is 0.444 e. The lowest BCUT2D eigenvalue weighted by Gasteiger charge is -2.20. The monoisotopic (exact) mass is 327 g/mol. The van der Waals surface area contributed by atoms with Gasteiger partial charge in [-0.1, -0.05) is 6.92 Å². The molecule has 0 spiro atoms. The Labute approximate surface area is 135 Å². The van der Waals surface area contributed by atoms with Crippen molar-refractivity contribution in [3.05, 3.63) is 5.89 Å². The molecule has 0 unspecified atom stereocenters. The zero-order valence-corrected chi connectivity index (χ0v) is 14.5. The fourth-order valence-electron chi connectivity index (χ4n) is 1.48. The Bertz CT molecular complexity index is 536. The van der Waals surface area contributed by atoms with E-state index in [1.165, 1.54) is 0 Å². The van der Waals surface area contributed by atoms with Crippen LogP contribution in [0.15, 0.2) is 4.52 Å². The van der Waals surface area contributed by atoms with E-state index in [2.05, 4.69) is 20.8 Å². The van der Waals surface area contributed by atoms with Crippen LogP contribution in [-0.2, 0) is 16.1 Å². The quantitative estimate of drug-likeness (QED) is 0.799. The average molecular weight is 327 g/mol. The Morgan fingerprint density at radius 3 is 2.48 bits per heavy atom. The summed E-state index contributed by atoms with van der Waals surface area (Å²) >= 11 is 0. The molecule has 23 heavy (non-hydrogen) atoms. The van der Waals surface area contributed by atoms with Crippen LogP contribution in [0.1, 0.15) is 33.6 Å². The van der Waals surface area contributed by atoms with E-state index < -0.39 is 17.6 Å². The minimum Gasteiger partial charge on any atom is -0.444 e. The van der Waals surface area contributed by atoms with E-state index in [1.54, 1.807) is 46.7 Å². The van der Waals surface area contributed by atoms with Gasteiger partial charge in [-0.25, -0.2) is 4.79 Å². The first-order chi connectivity index (χ1) is 10.6. The Balaban J connectivity index is 2.34. The summed E-state index contributed by atoms with van der Waals surface area (Å²) in [4.78, 5) is 29.3. The summed E-state index contributed by atoms with van der Waals surface area (Å²) in [7, 11) is 3.58. The smallest absolute Gasteiger partial charge is 0.407 e. The van der Waals surface area contributed by atoms with E-state index >= 15 is 0 Å². The molecule has 2 N–H and O–H groups in total. The first-order valence-electron chi connectivity index (χ1n) is 7.33. The van der Waals surface area contributed by atoms with Crippen LogP contribution in [0.2, 0.25) is 0 Å². The number of rotatable bonds is 6. The molecule has 0 saturated carbocycles. The highest BCUT2D eigenvalue weighted by molar-refractivity contribution is 5.79. The van der Waals surface area contributed by atoms with E-state index in [-0.39, 0.29) is 19.0 Å². The highest BCUT2D eigenvalue weighted by atomic mass is 16.6. The number of anilines is 1. The molecule has 0 fully saturated rings. The Kier molecular flexibility index (Phi) is 6.35. The van der Waals surface area contributed by atoms with Crippen molar-refractivity contribution in [1.29, 1.82) is 0 Å². The normalized spacial score (nSPS) is 12.4. The molecule has 0 aliphatic rings. The average Bonchev–Trinajstić information content (AvgIpc) is 2.89. The minimum absolute atomic E-state index is 0.135. The molecule has 0 bridgehead atoms. The van der Waals surface area contributed by atoms with Crippen molar-refractivity contribution in [2.75, 3.05) is 25.5 Å². The zero-order chi connectivity index (χ0) is 17.6. The molecule has 0 saturated heterocycles. The number of alkyl carbamates (subject to hydrolysis) is 1. The molecule has 1 atom stereocenters. The van der Waals surface area contributed by atoms with Gasteiger partial charge in [0.25, 0.3) is 5.95 Å². The van der Waals surface area contributed by atoms with Crippen LogP contribution in [-0.4, -0.2) is 48.4 Å². The molecule has 2 amide bonds. The van der Waals surface area contributed by atoms with E-state index in [0.717, 1.165) is 0 Å². The number of ether oxygens (including phenoxy) is 1. The molecule has 9 nitrogen and oxygen atoms in total. The number of nitrogens with one attached hydrogen (secondary N) is 2. The van der Waals surface area contributed by atoms with E-state index in [0.29, 0.717) is 11.8 Å². The predicted molar refractivity (Wildman–Crippen MR) is 83.9 cm³/mol. The lowest BCUT2D eigenvalue weighted by Crippen LogP contribution is -2.39. The summed E-state index contributed by atoms with van der Waals surface area (Å²) in [6.07, 6.45) is -0.551. The number of nitrogens with zero attached hydrogens (tertiary/aromatic N) is 3. The number of carbonyl (C=O) groups is 2. The number of aromatic nitrogens is 2. The maximum Gasteiger partial charge on any atom is 0.407 e. The predicted octanol–water partition coefficient (Wildman–Crippen LogP) is 0.913. The maximum absolute atomic E-state index is 12.0. The van der Waals surface area contributed by atoms with Gasteiger partial charge < -0.3 is 24.8 Å². The lowest BCUT2D eigenvalue weighted by molar-refractivity contribution is -0.124. The Hall–Kier alpha value is -2.32. The van der Waals surface area contributed by atoms with Gasteiger partial charge in [0.15, 0.2) is 0 Å². The van der Waals surface area contributed by atoms with E-state index in [9.17, 15) is 9.59 Å². The van der Waals surface area contributed by atoms with Crippen molar-refractivity contribution in [1.82, 2.24) is 20.8 Å². The van der Waals surface area contributed by atoms with E-state index in [4.69, 9.17) is 9.26 Å². The molecule has 0 aromatic carbocycles. The molecule has 9 heteroatoms. The van der Waals surface area contributed by atoms with Gasteiger partial charge in [-0.05, 0) is 25.9 Å².